The van der Waals surface area contributed by atoms with Gasteiger partial charge < -0.3 is 5.32 Å². The number of carbonyl (C=O) groups is 1. The number of rotatable bonds is 9. The highest BCUT2D eigenvalue weighted by molar-refractivity contribution is 7.99. The molecule has 0 radical (unpaired) electrons. The lowest BCUT2D eigenvalue weighted by Crippen LogP contribution is -2.38. The Hall–Kier alpha value is -4.15. The number of non-ortho nitro benzene ring substituents is 1. The van der Waals surface area contributed by atoms with Crippen LogP contribution in [0.4, 0.5) is 17.1 Å². The summed E-state index contributed by atoms with van der Waals surface area (Å²) in [6, 6.07) is 29.6. The van der Waals surface area contributed by atoms with E-state index < -0.39 is 27.4 Å². The molecule has 1 amide bonds. The molecule has 0 aromatic heterocycles. The van der Waals surface area contributed by atoms with Gasteiger partial charge >= 0.3 is 0 Å². The first-order chi connectivity index (χ1) is 17.3. The van der Waals surface area contributed by atoms with Gasteiger partial charge in [-0.2, -0.15) is 0 Å². The molecule has 36 heavy (non-hydrogen) atoms. The van der Waals surface area contributed by atoms with E-state index in [2.05, 4.69) is 5.32 Å². The highest BCUT2D eigenvalue weighted by Gasteiger charge is 2.28. The normalized spacial score (nSPS) is 11.0. The molecule has 0 saturated heterocycles. The molecule has 1 N–H and O–H groups in total. The van der Waals surface area contributed by atoms with Crippen LogP contribution in [-0.4, -0.2) is 25.8 Å². The van der Waals surface area contributed by atoms with Crippen molar-refractivity contribution in [2.75, 3.05) is 16.2 Å². The summed E-state index contributed by atoms with van der Waals surface area (Å²) in [4.78, 5) is 25.4. The van der Waals surface area contributed by atoms with E-state index in [9.17, 15) is 23.3 Å². The lowest BCUT2D eigenvalue weighted by molar-refractivity contribution is -0.384. The first kappa shape index (κ1) is 25.0. The summed E-state index contributed by atoms with van der Waals surface area (Å²) in [5.41, 5.74) is 0.482. The molecule has 4 aromatic carbocycles. The third-order valence-corrected chi connectivity index (χ3v) is 7.97. The number of hydrogen-bond acceptors (Lipinski definition) is 6. The summed E-state index contributed by atoms with van der Waals surface area (Å²) in [5, 5.41) is 13.9. The van der Waals surface area contributed by atoms with E-state index in [4.69, 9.17) is 0 Å². The van der Waals surface area contributed by atoms with Crippen molar-refractivity contribution in [3.05, 3.63) is 119 Å². The van der Waals surface area contributed by atoms with Gasteiger partial charge in [0.25, 0.3) is 15.7 Å². The summed E-state index contributed by atoms with van der Waals surface area (Å²) < 4.78 is 27.9. The van der Waals surface area contributed by atoms with Gasteiger partial charge in [0.05, 0.1) is 21.2 Å². The Morgan fingerprint density at radius 1 is 0.833 bits per heavy atom. The molecule has 0 saturated carbocycles. The van der Waals surface area contributed by atoms with E-state index in [1.807, 2.05) is 42.5 Å². The van der Waals surface area contributed by atoms with Gasteiger partial charge in [0, 0.05) is 21.9 Å². The third kappa shape index (κ3) is 5.91. The largest absolute Gasteiger partial charge is 0.323 e. The van der Waals surface area contributed by atoms with Gasteiger partial charge in [0.15, 0.2) is 0 Å². The molecule has 0 unspecified atom stereocenters. The minimum Gasteiger partial charge on any atom is -0.323 e. The van der Waals surface area contributed by atoms with Gasteiger partial charge in [0.2, 0.25) is 5.91 Å². The van der Waals surface area contributed by atoms with Gasteiger partial charge in [-0.05, 0) is 48.5 Å². The number of carbonyl (C=O) groups excluding carboxylic acids is 1. The predicted octanol–water partition coefficient (Wildman–Crippen LogP) is 5.58. The Morgan fingerprint density at radius 3 is 2.06 bits per heavy atom. The topological polar surface area (TPSA) is 110 Å². The summed E-state index contributed by atoms with van der Waals surface area (Å²) in [6.45, 7) is -0.528. The number of nitrogens with zero attached hydrogens (tertiary/aromatic N) is 2. The standard InChI is InChI=1S/C26H21N3O5S2/c30-26(27-24-13-7-8-14-25(24)35-22-9-3-1-4-10-22)19-28(20-15-17-21(18-16-20)29(31)32)36(33,34)23-11-5-2-6-12-23/h1-18H,19H2,(H,27,30). The number of para-hydroxylation sites is 1. The first-order valence-corrected chi connectivity index (χ1v) is 13.0. The first-order valence-electron chi connectivity index (χ1n) is 10.8. The lowest BCUT2D eigenvalue weighted by atomic mass is 10.3. The summed E-state index contributed by atoms with van der Waals surface area (Å²) in [5.74, 6) is -0.561. The van der Waals surface area contributed by atoms with Gasteiger partial charge in [-0.3, -0.25) is 19.2 Å². The molecule has 0 aliphatic carbocycles. The molecule has 0 bridgehead atoms. The van der Waals surface area contributed by atoms with Crippen LogP contribution >= 0.6 is 11.8 Å². The molecule has 0 aliphatic rings. The fraction of sp³-hybridized carbons (Fsp3) is 0.0385. The minimum absolute atomic E-state index is 0.00353. The zero-order valence-electron chi connectivity index (χ0n) is 18.9. The van der Waals surface area contributed by atoms with Crippen molar-refractivity contribution in [2.45, 2.75) is 14.7 Å². The maximum absolute atomic E-state index is 13.5. The molecule has 4 rings (SSSR count). The SMILES string of the molecule is O=C(CN(c1ccc([N+](=O)[O-])cc1)S(=O)(=O)c1ccccc1)Nc1ccccc1Sc1ccccc1. The summed E-state index contributed by atoms with van der Waals surface area (Å²) in [7, 11) is -4.14. The maximum Gasteiger partial charge on any atom is 0.269 e. The van der Waals surface area contributed by atoms with Crippen LogP contribution in [0.2, 0.25) is 0 Å². The van der Waals surface area contributed by atoms with Crippen LogP contribution in [0.1, 0.15) is 0 Å². The van der Waals surface area contributed by atoms with Crippen LogP contribution in [0.25, 0.3) is 0 Å². The van der Waals surface area contributed by atoms with Crippen LogP contribution in [0.5, 0.6) is 0 Å². The second kappa shape index (κ2) is 11.1. The van der Waals surface area contributed by atoms with Crippen LogP contribution in [0, 0.1) is 10.1 Å². The van der Waals surface area contributed by atoms with Crippen molar-refractivity contribution >= 4 is 44.8 Å². The second-order valence-electron chi connectivity index (χ2n) is 7.56. The monoisotopic (exact) mass is 519 g/mol. The number of hydrogen-bond donors (Lipinski definition) is 1. The molecule has 10 heteroatoms. The number of benzene rings is 4. The van der Waals surface area contributed by atoms with Gasteiger partial charge in [0.1, 0.15) is 6.54 Å². The van der Waals surface area contributed by atoms with Crippen LogP contribution < -0.4 is 9.62 Å². The Morgan fingerprint density at radius 2 is 1.42 bits per heavy atom. The van der Waals surface area contributed by atoms with E-state index in [1.165, 1.54) is 48.2 Å². The zero-order valence-corrected chi connectivity index (χ0v) is 20.5. The molecular weight excluding hydrogens is 498 g/mol. The Bertz CT molecular complexity index is 1460. The number of nitro groups is 1. The maximum atomic E-state index is 13.5. The Balaban J connectivity index is 1.62. The molecule has 0 fully saturated rings. The van der Waals surface area contributed by atoms with Crippen molar-refractivity contribution in [1.82, 2.24) is 0 Å². The number of nitrogens with one attached hydrogen (secondary N) is 1. The summed E-state index contributed by atoms with van der Waals surface area (Å²) in [6.07, 6.45) is 0. The zero-order chi connectivity index (χ0) is 25.5. The highest BCUT2D eigenvalue weighted by Crippen LogP contribution is 2.33. The smallest absolute Gasteiger partial charge is 0.269 e. The van der Waals surface area contributed by atoms with Crippen LogP contribution in [0.3, 0.4) is 0 Å². The van der Waals surface area contributed by atoms with Crippen molar-refractivity contribution in [3.63, 3.8) is 0 Å². The molecule has 182 valence electrons. The number of amides is 1. The fourth-order valence-corrected chi connectivity index (χ4v) is 5.73. The average Bonchev–Trinajstić information content (AvgIpc) is 2.89. The summed E-state index contributed by atoms with van der Waals surface area (Å²) >= 11 is 1.47. The van der Waals surface area contributed by atoms with Crippen LogP contribution in [-0.2, 0) is 14.8 Å². The minimum atomic E-state index is -4.14. The molecule has 0 heterocycles. The van der Waals surface area contributed by atoms with E-state index in [0.29, 0.717) is 5.69 Å². The molecule has 0 aliphatic heterocycles. The van der Waals surface area contributed by atoms with E-state index >= 15 is 0 Å². The molecule has 0 atom stereocenters. The number of anilines is 2. The van der Waals surface area contributed by atoms with Gasteiger partial charge in [-0.25, -0.2) is 8.42 Å². The van der Waals surface area contributed by atoms with E-state index in [0.717, 1.165) is 14.1 Å². The van der Waals surface area contributed by atoms with E-state index in [-0.39, 0.29) is 16.3 Å². The van der Waals surface area contributed by atoms with Crippen molar-refractivity contribution in [3.8, 4) is 0 Å². The predicted molar refractivity (Wildman–Crippen MR) is 140 cm³/mol. The molecule has 0 spiro atoms. The van der Waals surface area contributed by atoms with Gasteiger partial charge in [-0.1, -0.05) is 60.3 Å². The van der Waals surface area contributed by atoms with E-state index in [1.54, 1.807) is 30.3 Å². The third-order valence-electron chi connectivity index (χ3n) is 5.10. The Kier molecular flexibility index (Phi) is 7.67. The van der Waals surface area contributed by atoms with Crippen molar-refractivity contribution < 1.29 is 18.1 Å². The number of nitro benzene ring substituents is 1. The van der Waals surface area contributed by atoms with Crippen molar-refractivity contribution in [1.29, 1.82) is 0 Å². The fourth-order valence-electron chi connectivity index (χ4n) is 3.37. The van der Waals surface area contributed by atoms with Crippen LogP contribution in [0.15, 0.2) is 124 Å². The lowest BCUT2D eigenvalue weighted by Gasteiger charge is -2.24. The Labute approximate surface area is 212 Å². The second-order valence-corrected chi connectivity index (χ2v) is 10.5. The number of sulfonamides is 1. The molecule has 4 aromatic rings. The van der Waals surface area contributed by atoms with Crippen molar-refractivity contribution in [2.24, 2.45) is 0 Å². The van der Waals surface area contributed by atoms with Gasteiger partial charge in [-0.15, -0.1) is 0 Å². The molecule has 8 nitrogen and oxygen atoms in total. The highest BCUT2D eigenvalue weighted by atomic mass is 32.2. The molecular formula is C26H21N3O5S2. The quantitative estimate of drug-likeness (QED) is 0.228. The average molecular weight is 520 g/mol.